The van der Waals surface area contributed by atoms with Crippen molar-refractivity contribution in [3.63, 3.8) is 0 Å². The molecule has 4 nitrogen and oxygen atoms in total. The molecule has 92 valence electrons. The largest absolute Gasteiger partial charge is 0.396 e. The second kappa shape index (κ2) is 4.79. The number of nitrogen functional groups attached to an aromatic ring is 1. The minimum absolute atomic E-state index is 0.116. The van der Waals surface area contributed by atoms with Crippen molar-refractivity contribution in [2.45, 2.75) is 0 Å². The van der Waals surface area contributed by atoms with Crippen LogP contribution in [0.2, 0.25) is 0 Å². The first-order valence-corrected chi connectivity index (χ1v) is 5.04. The number of rotatable bonds is 2. The summed E-state index contributed by atoms with van der Waals surface area (Å²) in [6.45, 7) is 0. The first-order valence-electron chi connectivity index (χ1n) is 5.04. The molecule has 0 aliphatic carbocycles. The highest BCUT2D eigenvalue weighted by molar-refractivity contribution is 6.04. The van der Waals surface area contributed by atoms with Crippen molar-refractivity contribution in [3.05, 3.63) is 53.7 Å². The SMILES string of the molecule is Nc1cc(C(=O)Nc2ccc(F)cn2)ccc1F. The van der Waals surface area contributed by atoms with Crippen LogP contribution in [0.4, 0.5) is 20.3 Å². The predicted molar refractivity (Wildman–Crippen MR) is 63.0 cm³/mol. The number of hydrogen-bond acceptors (Lipinski definition) is 3. The third-order valence-corrected chi connectivity index (χ3v) is 2.23. The van der Waals surface area contributed by atoms with Crippen molar-refractivity contribution in [2.75, 3.05) is 11.1 Å². The molecule has 0 atom stereocenters. The summed E-state index contributed by atoms with van der Waals surface area (Å²) in [7, 11) is 0. The third kappa shape index (κ3) is 2.60. The molecule has 0 aliphatic rings. The van der Waals surface area contributed by atoms with Crippen LogP contribution in [0, 0.1) is 11.6 Å². The van der Waals surface area contributed by atoms with E-state index in [0.717, 1.165) is 12.3 Å². The van der Waals surface area contributed by atoms with Gasteiger partial charge < -0.3 is 11.1 Å². The standard InChI is InChI=1S/C12H9F2N3O/c13-8-2-4-11(16-6-8)17-12(18)7-1-3-9(14)10(15)5-7/h1-6H,15H2,(H,16,17,18). The molecule has 18 heavy (non-hydrogen) atoms. The summed E-state index contributed by atoms with van der Waals surface area (Å²) in [5.74, 6) is -1.39. The van der Waals surface area contributed by atoms with Gasteiger partial charge in [-0.1, -0.05) is 0 Å². The molecular formula is C12H9F2N3O. The molecule has 2 rings (SSSR count). The topological polar surface area (TPSA) is 68.0 Å². The summed E-state index contributed by atoms with van der Waals surface area (Å²) >= 11 is 0. The highest BCUT2D eigenvalue weighted by Crippen LogP contribution is 2.13. The second-order valence-electron chi connectivity index (χ2n) is 3.55. The number of nitrogens with two attached hydrogens (primary N) is 1. The van der Waals surface area contributed by atoms with Crippen molar-refractivity contribution in [3.8, 4) is 0 Å². The molecule has 1 aromatic carbocycles. The van der Waals surface area contributed by atoms with Crippen LogP contribution in [0.5, 0.6) is 0 Å². The predicted octanol–water partition coefficient (Wildman–Crippen LogP) is 2.19. The molecule has 0 fully saturated rings. The lowest BCUT2D eigenvalue weighted by molar-refractivity contribution is 0.102. The molecule has 0 saturated carbocycles. The minimum atomic E-state index is -0.591. The molecule has 0 spiro atoms. The zero-order chi connectivity index (χ0) is 13.1. The van der Waals surface area contributed by atoms with Gasteiger partial charge in [-0.25, -0.2) is 13.8 Å². The van der Waals surface area contributed by atoms with Crippen LogP contribution in [-0.4, -0.2) is 10.9 Å². The summed E-state index contributed by atoms with van der Waals surface area (Å²) in [6.07, 6.45) is 0.981. The van der Waals surface area contributed by atoms with Gasteiger partial charge in [0.05, 0.1) is 11.9 Å². The first kappa shape index (κ1) is 12.0. The van der Waals surface area contributed by atoms with Crippen molar-refractivity contribution in [1.82, 2.24) is 4.98 Å². The van der Waals surface area contributed by atoms with Crippen LogP contribution < -0.4 is 11.1 Å². The Balaban J connectivity index is 2.16. The van der Waals surface area contributed by atoms with Gasteiger partial charge in [0.15, 0.2) is 0 Å². The Morgan fingerprint density at radius 1 is 1.22 bits per heavy atom. The lowest BCUT2D eigenvalue weighted by Gasteiger charge is -2.05. The normalized spacial score (nSPS) is 10.1. The number of anilines is 2. The quantitative estimate of drug-likeness (QED) is 0.801. The van der Waals surface area contributed by atoms with E-state index >= 15 is 0 Å². The van der Waals surface area contributed by atoms with Gasteiger partial charge in [0, 0.05) is 5.56 Å². The molecule has 1 aromatic heterocycles. The molecule has 6 heteroatoms. The van der Waals surface area contributed by atoms with E-state index < -0.39 is 17.5 Å². The molecule has 1 heterocycles. The van der Waals surface area contributed by atoms with Gasteiger partial charge in [-0.15, -0.1) is 0 Å². The average Bonchev–Trinajstić information content (AvgIpc) is 2.35. The van der Waals surface area contributed by atoms with Gasteiger partial charge >= 0.3 is 0 Å². The maximum Gasteiger partial charge on any atom is 0.256 e. The average molecular weight is 249 g/mol. The first-order chi connectivity index (χ1) is 8.56. The van der Waals surface area contributed by atoms with E-state index in [4.69, 9.17) is 5.73 Å². The molecular weight excluding hydrogens is 240 g/mol. The number of amides is 1. The van der Waals surface area contributed by atoms with Gasteiger partial charge in [0.25, 0.3) is 5.91 Å². The van der Waals surface area contributed by atoms with Gasteiger partial charge in [0.2, 0.25) is 0 Å². The number of carbonyl (C=O) groups is 1. The monoisotopic (exact) mass is 249 g/mol. The van der Waals surface area contributed by atoms with Crippen molar-refractivity contribution < 1.29 is 13.6 Å². The van der Waals surface area contributed by atoms with Gasteiger partial charge in [0.1, 0.15) is 17.5 Å². The van der Waals surface area contributed by atoms with Crippen LogP contribution in [0.15, 0.2) is 36.5 Å². The van der Waals surface area contributed by atoms with Gasteiger partial charge in [-0.05, 0) is 30.3 Å². The Morgan fingerprint density at radius 2 is 2.00 bits per heavy atom. The number of nitrogens with one attached hydrogen (secondary N) is 1. The minimum Gasteiger partial charge on any atom is -0.396 e. The Hall–Kier alpha value is -2.50. The highest BCUT2D eigenvalue weighted by atomic mass is 19.1. The van der Waals surface area contributed by atoms with E-state index in [2.05, 4.69) is 10.3 Å². The highest BCUT2D eigenvalue weighted by Gasteiger charge is 2.09. The van der Waals surface area contributed by atoms with Gasteiger partial charge in [-0.3, -0.25) is 4.79 Å². The van der Waals surface area contributed by atoms with Crippen LogP contribution in [0.3, 0.4) is 0 Å². The summed E-state index contributed by atoms with van der Waals surface area (Å²) in [5.41, 5.74) is 5.43. The Kier molecular flexibility index (Phi) is 3.18. The van der Waals surface area contributed by atoms with Crippen LogP contribution in [0.25, 0.3) is 0 Å². The molecule has 0 unspecified atom stereocenters. The Labute approximate surface area is 101 Å². The van der Waals surface area contributed by atoms with Crippen LogP contribution in [-0.2, 0) is 0 Å². The van der Waals surface area contributed by atoms with E-state index in [1.54, 1.807) is 0 Å². The fourth-order valence-electron chi connectivity index (χ4n) is 1.32. The van der Waals surface area contributed by atoms with Gasteiger partial charge in [-0.2, -0.15) is 0 Å². The number of benzene rings is 1. The molecule has 3 N–H and O–H groups in total. The van der Waals surface area contributed by atoms with E-state index in [1.165, 1.54) is 24.3 Å². The zero-order valence-corrected chi connectivity index (χ0v) is 9.15. The maximum atomic E-state index is 12.9. The van der Waals surface area contributed by atoms with E-state index in [0.29, 0.717) is 0 Å². The Bertz CT molecular complexity index is 584. The number of halogens is 2. The lowest BCUT2D eigenvalue weighted by Crippen LogP contribution is -2.13. The molecule has 2 aromatic rings. The number of pyridine rings is 1. The number of hydrogen-bond donors (Lipinski definition) is 2. The molecule has 0 aliphatic heterocycles. The molecule has 0 bridgehead atoms. The summed E-state index contributed by atoms with van der Waals surface area (Å²) in [5, 5.41) is 2.44. The van der Waals surface area contributed by atoms with Crippen molar-refractivity contribution in [1.29, 1.82) is 0 Å². The number of aromatic nitrogens is 1. The van der Waals surface area contributed by atoms with E-state index in [1.807, 2.05) is 0 Å². The maximum absolute atomic E-state index is 12.9. The zero-order valence-electron chi connectivity index (χ0n) is 9.15. The van der Waals surface area contributed by atoms with Crippen molar-refractivity contribution in [2.24, 2.45) is 0 Å². The van der Waals surface area contributed by atoms with Crippen LogP contribution in [0.1, 0.15) is 10.4 Å². The Morgan fingerprint density at radius 3 is 2.61 bits per heavy atom. The third-order valence-electron chi connectivity index (χ3n) is 2.23. The molecule has 0 radical (unpaired) electrons. The second-order valence-corrected chi connectivity index (χ2v) is 3.55. The molecule has 1 amide bonds. The summed E-state index contributed by atoms with van der Waals surface area (Å²) < 4.78 is 25.5. The molecule has 0 saturated heterocycles. The van der Waals surface area contributed by atoms with Crippen molar-refractivity contribution >= 4 is 17.4 Å². The summed E-state index contributed by atoms with van der Waals surface area (Å²) in [4.78, 5) is 15.4. The fourth-order valence-corrected chi connectivity index (χ4v) is 1.32. The summed E-state index contributed by atoms with van der Waals surface area (Å²) in [6, 6.07) is 6.10. The van der Waals surface area contributed by atoms with E-state index in [-0.39, 0.29) is 17.1 Å². The number of nitrogens with zero attached hydrogens (tertiary/aromatic N) is 1. The lowest BCUT2D eigenvalue weighted by atomic mass is 10.2. The fraction of sp³-hybridized carbons (Fsp3) is 0. The number of carbonyl (C=O) groups excluding carboxylic acids is 1. The smallest absolute Gasteiger partial charge is 0.256 e. The van der Waals surface area contributed by atoms with E-state index in [9.17, 15) is 13.6 Å². The van der Waals surface area contributed by atoms with Crippen LogP contribution >= 0.6 is 0 Å².